The van der Waals surface area contributed by atoms with Crippen LogP contribution >= 0.6 is 12.2 Å². The van der Waals surface area contributed by atoms with E-state index in [1.165, 1.54) is 0 Å². The van der Waals surface area contributed by atoms with Crippen LogP contribution in [0.3, 0.4) is 0 Å². The van der Waals surface area contributed by atoms with Gasteiger partial charge in [-0.2, -0.15) is 0 Å². The molecule has 1 heterocycles. The standard InChI is InChI=1S/C15H22N2O3S/c1-19-12-5-6-14(20-2)13(8-12)16-15(21)17-7-3-4-11(9-17)10-18/h5-6,8,11,18H,3-4,7,9-10H2,1-2H3,(H,16,21). The Morgan fingerprint density at radius 1 is 1.43 bits per heavy atom. The van der Waals surface area contributed by atoms with Gasteiger partial charge in [0.1, 0.15) is 11.5 Å². The Bertz CT molecular complexity index is 496. The molecule has 1 saturated heterocycles. The van der Waals surface area contributed by atoms with Gasteiger partial charge in [0.25, 0.3) is 0 Å². The lowest BCUT2D eigenvalue weighted by Crippen LogP contribution is -2.43. The van der Waals surface area contributed by atoms with Crippen molar-refractivity contribution in [1.29, 1.82) is 0 Å². The van der Waals surface area contributed by atoms with Crippen LogP contribution in [0.15, 0.2) is 18.2 Å². The second kappa shape index (κ2) is 7.47. The number of benzene rings is 1. The van der Waals surface area contributed by atoms with Crippen molar-refractivity contribution in [3.05, 3.63) is 18.2 Å². The summed E-state index contributed by atoms with van der Waals surface area (Å²) in [7, 11) is 3.25. The third kappa shape index (κ3) is 3.98. The zero-order valence-electron chi connectivity index (χ0n) is 12.5. The molecule has 1 fully saturated rings. The number of anilines is 1. The summed E-state index contributed by atoms with van der Waals surface area (Å²) in [5.41, 5.74) is 0.785. The van der Waals surface area contributed by atoms with Gasteiger partial charge in [-0.15, -0.1) is 0 Å². The molecular formula is C15H22N2O3S. The number of nitrogens with zero attached hydrogens (tertiary/aromatic N) is 1. The van der Waals surface area contributed by atoms with Crippen LogP contribution in [0.2, 0.25) is 0 Å². The van der Waals surface area contributed by atoms with Gasteiger partial charge >= 0.3 is 0 Å². The maximum atomic E-state index is 9.30. The number of hydrogen-bond donors (Lipinski definition) is 2. The van der Waals surface area contributed by atoms with Crippen molar-refractivity contribution < 1.29 is 14.6 Å². The Morgan fingerprint density at radius 2 is 2.24 bits per heavy atom. The van der Waals surface area contributed by atoms with Gasteiger partial charge in [-0.1, -0.05) is 0 Å². The predicted molar refractivity (Wildman–Crippen MR) is 87.1 cm³/mol. The zero-order chi connectivity index (χ0) is 15.2. The molecule has 0 bridgehead atoms. The molecule has 0 radical (unpaired) electrons. The van der Waals surface area contributed by atoms with Gasteiger partial charge in [0, 0.05) is 25.8 Å². The Labute approximate surface area is 130 Å². The minimum atomic E-state index is 0.210. The molecule has 0 spiro atoms. The van der Waals surface area contributed by atoms with Crippen LogP contribution in [0.25, 0.3) is 0 Å². The molecule has 0 amide bonds. The number of hydrogen-bond acceptors (Lipinski definition) is 4. The van der Waals surface area contributed by atoms with Crippen molar-refractivity contribution in [1.82, 2.24) is 4.90 Å². The highest BCUT2D eigenvalue weighted by molar-refractivity contribution is 7.80. The Kier molecular flexibility index (Phi) is 5.64. The summed E-state index contributed by atoms with van der Waals surface area (Å²) in [6.07, 6.45) is 2.10. The molecule has 1 atom stereocenters. The minimum Gasteiger partial charge on any atom is -0.497 e. The van der Waals surface area contributed by atoms with Crippen molar-refractivity contribution in [3.63, 3.8) is 0 Å². The van der Waals surface area contributed by atoms with Gasteiger partial charge < -0.3 is 24.8 Å². The molecule has 1 unspecified atom stereocenters. The summed E-state index contributed by atoms with van der Waals surface area (Å²) in [6, 6.07) is 5.55. The van der Waals surface area contributed by atoms with Crippen LogP contribution in [0, 0.1) is 5.92 Å². The predicted octanol–water partition coefficient (Wildman–Crippen LogP) is 2.10. The molecule has 116 valence electrons. The summed E-state index contributed by atoms with van der Waals surface area (Å²) in [5, 5.41) is 13.2. The third-order valence-corrected chi connectivity index (χ3v) is 4.07. The number of methoxy groups -OCH3 is 2. The largest absolute Gasteiger partial charge is 0.497 e. The molecule has 1 aliphatic heterocycles. The number of thiocarbonyl (C=S) groups is 1. The number of aliphatic hydroxyl groups is 1. The van der Waals surface area contributed by atoms with Crippen LogP contribution in [0.1, 0.15) is 12.8 Å². The fourth-order valence-corrected chi connectivity index (χ4v) is 2.78. The molecule has 0 aromatic heterocycles. The second-order valence-corrected chi connectivity index (χ2v) is 5.52. The first-order valence-electron chi connectivity index (χ1n) is 7.06. The topological polar surface area (TPSA) is 54.0 Å². The van der Waals surface area contributed by atoms with E-state index in [0.717, 1.165) is 37.4 Å². The lowest BCUT2D eigenvalue weighted by molar-refractivity contribution is 0.162. The molecule has 1 aromatic carbocycles. The van der Waals surface area contributed by atoms with Gasteiger partial charge in [0.15, 0.2) is 5.11 Å². The Hall–Kier alpha value is -1.53. The van der Waals surface area contributed by atoms with Gasteiger partial charge in [-0.05, 0) is 43.1 Å². The fourth-order valence-electron chi connectivity index (χ4n) is 2.50. The third-order valence-electron chi connectivity index (χ3n) is 3.71. The van der Waals surface area contributed by atoms with Crippen molar-refractivity contribution in [2.75, 3.05) is 39.2 Å². The normalized spacial score (nSPS) is 18.2. The average molecular weight is 310 g/mol. The first-order chi connectivity index (χ1) is 10.2. The number of nitrogens with one attached hydrogen (secondary N) is 1. The van der Waals surface area contributed by atoms with Crippen LogP contribution in [-0.2, 0) is 0 Å². The lowest BCUT2D eigenvalue weighted by atomic mass is 9.99. The monoisotopic (exact) mass is 310 g/mol. The van der Waals surface area contributed by atoms with E-state index in [1.54, 1.807) is 14.2 Å². The van der Waals surface area contributed by atoms with Crippen molar-refractivity contribution in [2.24, 2.45) is 5.92 Å². The summed E-state index contributed by atoms with van der Waals surface area (Å²) >= 11 is 5.48. The first-order valence-corrected chi connectivity index (χ1v) is 7.47. The first kappa shape index (κ1) is 15.9. The van der Waals surface area contributed by atoms with E-state index in [0.29, 0.717) is 16.8 Å². The van der Waals surface area contributed by atoms with E-state index in [9.17, 15) is 5.11 Å². The van der Waals surface area contributed by atoms with Crippen LogP contribution in [-0.4, -0.2) is 49.0 Å². The van der Waals surface area contributed by atoms with E-state index in [4.69, 9.17) is 21.7 Å². The van der Waals surface area contributed by atoms with Crippen molar-refractivity contribution in [3.8, 4) is 11.5 Å². The van der Waals surface area contributed by atoms with Crippen LogP contribution < -0.4 is 14.8 Å². The Balaban J connectivity index is 2.08. The minimum absolute atomic E-state index is 0.210. The number of likely N-dealkylation sites (tertiary alicyclic amines) is 1. The molecule has 0 aliphatic carbocycles. The molecule has 1 aromatic rings. The molecule has 6 heteroatoms. The smallest absolute Gasteiger partial charge is 0.173 e. The highest BCUT2D eigenvalue weighted by atomic mass is 32.1. The maximum Gasteiger partial charge on any atom is 0.173 e. The molecule has 0 saturated carbocycles. The number of aliphatic hydroxyl groups excluding tert-OH is 1. The van der Waals surface area contributed by atoms with Gasteiger partial charge in [0.2, 0.25) is 0 Å². The van der Waals surface area contributed by atoms with Crippen molar-refractivity contribution >= 4 is 23.0 Å². The van der Waals surface area contributed by atoms with E-state index in [1.807, 2.05) is 18.2 Å². The quantitative estimate of drug-likeness (QED) is 0.831. The van der Waals surface area contributed by atoms with Gasteiger partial charge in [-0.3, -0.25) is 0 Å². The summed E-state index contributed by atoms with van der Waals surface area (Å²) in [5.74, 6) is 1.76. The SMILES string of the molecule is COc1ccc(OC)c(NC(=S)N2CCCC(CO)C2)c1. The zero-order valence-corrected chi connectivity index (χ0v) is 13.3. The second-order valence-electron chi connectivity index (χ2n) is 5.13. The maximum absolute atomic E-state index is 9.30. The Morgan fingerprint density at radius 3 is 2.90 bits per heavy atom. The molecule has 2 rings (SSSR count). The highest BCUT2D eigenvalue weighted by Crippen LogP contribution is 2.29. The van der Waals surface area contributed by atoms with Crippen LogP contribution in [0.4, 0.5) is 5.69 Å². The number of rotatable bonds is 4. The van der Waals surface area contributed by atoms with E-state index < -0.39 is 0 Å². The van der Waals surface area contributed by atoms with Crippen LogP contribution in [0.5, 0.6) is 11.5 Å². The van der Waals surface area contributed by atoms with E-state index in [-0.39, 0.29) is 6.61 Å². The van der Waals surface area contributed by atoms with E-state index >= 15 is 0 Å². The van der Waals surface area contributed by atoms with E-state index in [2.05, 4.69) is 10.2 Å². The number of piperidine rings is 1. The lowest BCUT2D eigenvalue weighted by Gasteiger charge is -2.34. The molecule has 1 aliphatic rings. The summed E-state index contributed by atoms with van der Waals surface area (Å²) in [6.45, 7) is 1.91. The summed E-state index contributed by atoms with van der Waals surface area (Å²) < 4.78 is 10.6. The van der Waals surface area contributed by atoms with Gasteiger partial charge in [0.05, 0.1) is 19.9 Å². The van der Waals surface area contributed by atoms with Gasteiger partial charge in [-0.25, -0.2) is 0 Å². The molecular weight excluding hydrogens is 288 g/mol. The fraction of sp³-hybridized carbons (Fsp3) is 0.533. The molecule has 2 N–H and O–H groups in total. The molecule has 21 heavy (non-hydrogen) atoms. The highest BCUT2D eigenvalue weighted by Gasteiger charge is 2.21. The summed E-state index contributed by atoms with van der Waals surface area (Å²) in [4.78, 5) is 2.10. The van der Waals surface area contributed by atoms with Crippen molar-refractivity contribution in [2.45, 2.75) is 12.8 Å². The average Bonchev–Trinajstić information content (AvgIpc) is 2.54. The number of ether oxygens (including phenoxy) is 2. The molecule has 5 nitrogen and oxygen atoms in total.